The number of ether oxygens (including phenoxy) is 1. The average molecular weight is 339 g/mol. The zero-order valence-corrected chi connectivity index (χ0v) is 13.8. The molecule has 2 atom stereocenters. The maximum absolute atomic E-state index is 12.5. The highest BCUT2D eigenvalue weighted by atomic mass is 19.1. The van der Waals surface area contributed by atoms with Gasteiger partial charge < -0.3 is 4.74 Å². The molecule has 2 amide bonds. The summed E-state index contributed by atoms with van der Waals surface area (Å²) >= 11 is 0. The van der Waals surface area contributed by atoms with Gasteiger partial charge in [-0.2, -0.15) is 0 Å². The molecule has 0 bridgehead atoms. The van der Waals surface area contributed by atoms with Crippen LogP contribution < -0.4 is 0 Å². The molecule has 128 valence electrons. The van der Waals surface area contributed by atoms with Crippen LogP contribution in [0.5, 0.6) is 0 Å². The zero-order valence-electron chi connectivity index (χ0n) is 13.8. The summed E-state index contributed by atoms with van der Waals surface area (Å²) in [7, 11) is 0. The van der Waals surface area contributed by atoms with Gasteiger partial charge in [0.25, 0.3) is 5.91 Å². The molecule has 0 aromatic heterocycles. The lowest BCUT2D eigenvalue weighted by Crippen LogP contribution is -2.36. The molecule has 1 saturated heterocycles. The first-order valence-electron chi connectivity index (χ1n) is 8.02. The molecule has 2 aromatic rings. The van der Waals surface area contributed by atoms with Gasteiger partial charge in [0.1, 0.15) is 12.8 Å². The fourth-order valence-electron chi connectivity index (χ4n) is 2.81. The molecular formula is C20H18FNO3. The average Bonchev–Trinajstić information content (AvgIpc) is 2.95. The molecule has 1 aliphatic rings. The molecule has 2 aromatic carbocycles. The maximum atomic E-state index is 12.5. The monoisotopic (exact) mass is 339 g/mol. The highest BCUT2D eigenvalue weighted by molar-refractivity contribution is 6.02. The fraction of sp³-hybridized carbons (Fsp3) is 0.200. The highest BCUT2D eigenvalue weighted by Gasteiger charge is 2.42. The van der Waals surface area contributed by atoms with Crippen LogP contribution in [-0.2, 0) is 16.2 Å². The molecule has 0 aliphatic carbocycles. The van der Waals surface area contributed by atoms with Crippen molar-refractivity contribution in [3.05, 3.63) is 77.4 Å². The van der Waals surface area contributed by atoms with Crippen molar-refractivity contribution in [3.63, 3.8) is 0 Å². The number of benzene rings is 2. The van der Waals surface area contributed by atoms with Crippen LogP contribution in [0.25, 0.3) is 6.08 Å². The lowest BCUT2D eigenvalue weighted by Gasteiger charge is -2.17. The van der Waals surface area contributed by atoms with Gasteiger partial charge in [-0.1, -0.05) is 54.6 Å². The van der Waals surface area contributed by atoms with Gasteiger partial charge in [0.2, 0.25) is 0 Å². The van der Waals surface area contributed by atoms with E-state index < -0.39 is 30.8 Å². The molecule has 1 aliphatic heterocycles. The second kappa shape index (κ2) is 7.30. The smallest absolute Gasteiger partial charge is 0.417 e. The number of nitrogens with zero attached hydrogens (tertiary/aromatic N) is 1. The molecular weight excluding hydrogens is 321 g/mol. The molecule has 25 heavy (non-hydrogen) atoms. The van der Waals surface area contributed by atoms with Crippen LogP contribution in [0.4, 0.5) is 9.18 Å². The van der Waals surface area contributed by atoms with Crippen molar-refractivity contribution in [2.75, 3.05) is 0 Å². The van der Waals surface area contributed by atoms with Crippen molar-refractivity contribution in [2.24, 2.45) is 0 Å². The van der Waals surface area contributed by atoms with E-state index in [0.29, 0.717) is 5.56 Å². The van der Waals surface area contributed by atoms with Crippen LogP contribution in [0.15, 0.2) is 60.7 Å². The van der Waals surface area contributed by atoms with Crippen molar-refractivity contribution < 1.29 is 18.7 Å². The van der Waals surface area contributed by atoms with Gasteiger partial charge in [-0.05, 0) is 29.7 Å². The number of rotatable bonds is 4. The minimum absolute atomic E-state index is 0.402. The number of cyclic esters (lactones) is 1. The number of carbonyl (C=O) groups is 2. The molecule has 0 N–H and O–H groups in total. The molecule has 4 nitrogen and oxygen atoms in total. The molecule has 5 heteroatoms. The lowest BCUT2D eigenvalue weighted by molar-refractivity contribution is -0.124. The highest BCUT2D eigenvalue weighted by Crippen LogP contribution is 2.32. The Morgan fingerprint density at radius 1 is 1.16 bits per heavy atom. The summed E-state index contributed by atoms with van der Waals surface area (Å²) in [5.41, 5.74) is 2.18. The van der Waals surface area contributed by atoms with E-state index in [9.17, 15) is 14.0 Å². The number of alkyl halides is 1. The van der Waals surface area contributed by atoms with Crippen LogP contribution in [-0.4, -0.2) is 22.9 Å². The molecule has 3 rings (SSSR count). The maximum Gasteiger partial charge on any atom is 0.417 e. The second-order valence-corrected chi connectivity index (χ2v) is 5.87. The first-order valence-corrected chi connectivity index (χ1v) is 8.02. The van der Waals surface area contributed by atoms with Crippen LogP contribution >= 0.6 is 0 Å². The minimum Gasteiger partial charge on any atom is -0.439 e. The van der Waals surface area contributed by atoms with Crippen molar-refractivity contribution in [2.45, 2.75) is 25.7 Å². The van der Waals surface area contributed by atoms with E-state index in [2.05, 4.69) is 0 Å². The van der Waals surface area contributed by atoms with Crippen molar-refractivity contribution in [1.82, 2.24) is 4.90 Å². The largest absolute Gasteiger partial charge is 0.439 e. The Kier molecular flexibility index (Phi) is 4.93. The Labute approximate surface area is 145 Å². The molecule has 0 saturated carbocycles. The topological polar surface area (TPSA) is 46.6 Å². The Morgan fingerprint density at radius 2 is 1.84 bits per heavy atom. The Bertz CT molecular complexity index is 786. The van der Waals surface area contributed by atoms with Crippen LogP contribution in [0, 0.1) is 0 Å². The first kappa shape index (κ1) is 16.9. The summed E-state index contributed by atoms with van der Waals surface area (Å²) in [5.74, 6) is -0.439. The van der Waals surface area contributed by atoms with E-state index in [1.54, 1.807) is 37.3 Å². The predicted molar refractivity (Wildman–Crippen MR) is 92.3 cm³/mol. The molecule has 0 radical (unpaired) electrons. The third kappa shape index (κ3) is 3.60. The third-order valence-electron chi connectivity index (χ3n) is 4.19. The summed E-state index contributed by atoms with van der Waals surface area (Å²) in [4.78, 5) is 25.6. The summed E-state index contributed by atoms with van der Waals surface area (Å²) in [6, 6.07) is 15.7. The number of hydrogen-bond acceptors (Lipinski definition) is 3. The Morgan fingerprint density at radius 3 is 2.48 bits per heavy atom. The SMILES string of the molecule is C[C@@H]1[C@@H](c2ccccc2)OC(=O)N1C(=O)/C=C/c1ccc(CF)cc1. The predicted octanol–water partition coefficient (Wildman–Crippen LogP) is 4.28. The van der Waals surface area contributed by atoms with Crippen LogP contribution in [0.3, 0.4) is 0 Å². The van der Waals surface area contributed by atoms with Crippen molar-refractivity contribution in [3.8, 4) is 0 Å². The van der Waals surface area contributed by atoms with Gasteiger partial charge in [-0.25, -0.2) is 14.1 Å². The fourth-order valence-corrected chi connectivity index (χ4v) is 2.81. The summed E-state index contributed by atoms with van der Waals surface area (Å²) in [6.07, 6.45) is 1.80. The second-order valence-electron chi connectivity index (χ2n) is 5.87. The minimum atomic E-state index is -0.649. The van der Waals surface area contributed by atoms with Crippen LogP contribution in [0.1, 0.15) is 29.7 Å². The zero-order chi connectivity index (χ0) is 17.8. The van der Waals surface area contributed by atoms with Gasteiger partial charge in [-0.15, -0.1) is 0 Å². The van der Waals surface area contributed by atoms with E-state index >= 15 is 0 Å². The van der Waals surface area contributed by atoms with Crippen LogP contribution in [0.2, 0.25) is 0 Å². The normalized spacial score (nSPS) is 20.1. The number of halogens is 1. The number of carbonyl (C=O) groups excluding carboxylic acids is 2. The Hall–Kier alpha value is -2.95. The van der Waals surface area contributed by atoms with Gasteiger partial charge in [0.05, 0.1) is 6.04 Å². The van der Waals surface area contributed by atoms with Gasteiger partial charge in [0.15, 0.2) is 0 Å². The number of hydrogen-bond donors (Lipinski definition) is 0. The quantitative estimate of drug-likeness (QED) is 0.781. The van der Waals surface area contributed by atoms with E-state index in [4.69, 9.17) is 4.74 Å². The van der Waals surface area contributed by atoms with Crippen molar-refractivity contribution >= 4 is 18.1 Å². The Balaban J connectivity index is 1.73. The van der Waals surface area contributed by atoms with E-state index in [1.165, 1.54) is 6.08 Å². The summed E-state index contributed by atoms with van der Waals surface area (Å²) < 4.78 is 17.9. The van der Waals surface area contributed by atoms with Crippen molar-refractivity contribution in [1.29, 1.82) is 0 Å². The lowest BCUT2D eigenvalue weighted by atomic mass is 10.0. The third-order valence-corrected chi connectivity index (χ3v) is 4.19. The summed E-state index contributed by atoms with van der Waals surface area (Å²) in [6.45, 7) is 1.26. The van der Waals surface area contributed by atoms with E-state index in [1.807, 2.05) is 30.3 Å². The molecule has 0 spiro atoms. The standard InChI is InChI=1S/C20H18FNO3/c1-14-19(17-5-3-2-4-6-17)25-20(24)22(14)18(23)12-11-15-7-9-16(13-21)10-8-15/h2-12,14,19H,13H2,1H3/b12-11+/t14-,19+/m1/s1. The van der Waals surface area contributed by atoms with E-state index in [0.717, 1.165) is 16.0 Å². The molecule has 0 unspecified atom stereocenters. The number of amides is 2. The van der Waals surface area contributed by atoms with Gasteiger partial charge >= 0.3 is 6.09 Å². The number of imide groups is 1. The molecule has 1 fully saturated rings. The first-order chi connectivity index (χ1) is 12.1. The van der Waals surface area contributed by atoms with E-state index in [-0.39, 0.29) is 0 Å². The van der Waals surface area contributed by atoms with Gasteiger partial charge in [0, 0.05) is 6.08 Å². The van der Waals surface area contributed by atoms with Gasteiger partial charge in [-0.3, -0.25) is 4.79 Å². The molecule has 1 heterocycles. The summed E-state index contributed by atoms with van der Waals surface area (Å²) in [5, 5.41) is 0.